The molecule has 1 aromatic carbocycles. The average Bonchev–Trinajstić information content (AvgIpc) is 2.56. The second-order valence-corrected chi connectivity index (χ2v) is 5.65. The van der Waals surface area contributed by atoms with E-state index in [0.29, 0.717) is 5.56 Å². The number of hydrogen-bond acceptors (Lipinski definition) is 4. The Kier molecular flexibility index (Phi) is 7.07. The van der Waals surface area contributed by atoms with Gasteiger partial charge in [0, 0.05) is 25.3 Å². The highest BCUT2D eigenvalue weighted by molar-refractivity contribution is 5.97. The van der Waals surface area contributed by atoms with Crippen LogP contribution in [0.2, 0.25) is 0 Å². The first-order valence-corrected chi connectivity index (χ1v) is 7.63. The van der Waals surface area contributed by atoms with Crippen molar-refractivity contribution < 1.29 is 9.59 Å². The van der Waals surface area contributed by atoms with Crippen molar-refractivity contribution in [2.75, 3.05) is 25.5 Å². The van der Waals surface area contributed by atoms with Gasteiger partial charge in [0.25, 0.3) is 5.91 Å². The third kappa shape index (κ3) is 5.29. The lowest BCUT2D eigenvalue weighted by Gasteiger charge is -2.23. The van der Waals surface area contributed by atoms with E-state index in [1.54, 1.807) is 12.1 Å². The Morgan fingerprint density at radius 1 is 1.26 bits per heavy atom. The molecular weight excluding hydrogens is 292 g/mol. The van der Waals surface area contributed by atoms with E-state index in [-0.39, 0.29) is 24.3 Å². The van der Waals surface area contributed by atoms with E-state index in [2.05, 4.69) is 10.6 Å². The molecule has 2 atom stereocenters. The predicted octanol–water partition coefficient (Wildman–Crippen LogP) is 1.54. The number of hydrogen-bond donors (Lipinski definition) is 2. The van der Waals surface area contributed by atoms with Gasteiger partial charge in [-0.05, 0) is 30.2 Å². The van der Waals surface area contributed by atoms with Crippen molar-refractivity contribution >= 4 is 17.5 Å². The first-order chi connectivity index (χ1) is 10.9. The average molecular weight is 316 g/mol. The minimum atomic E-state index is -0.658. The fraction of sp³-hybridized carbons (Fsp3) is 0.471. The monoisotopic (exact) mass is 316 g/mol. The van der Waals surface area contributed by atoms with Gasteiger partial charge < -0.3 is 15.5 Å². The molecule has 0 saturated heterocycles. The van der Waals surface area contributed by atoms with Gasteiger partial charge in [-0.15, -0.1) is 0 Å². The number of amides is 2. The Bertz CT molecular complexity index is 575. The van der Waals surface area contributed by atoms with E-state index in [1.807, 2.05) is 51.0 Å². The molecule has 0 aliphatic carbocycles. The first kappa shape index (κ1) is 18.5. The van der Waals surface area contributed by atoms with Crippen LogP contribution in [0.3, 0.4) is 0 Å². The molecule has 0 aromatic heterocycles. The molecule has 0 fully saturated rings. The highest BCUT2D eigenvalue weighted by Crippen LogP contribution is 2.13. The predicted molar refractivity (Wildman–Crippen MR) is 90.1 cm³/mol. The van der Waals surface area contributed by atoms with Crippen LogP contribution in [-0.2, 0) is 4.79 Å². The molecule has 0 bridgehead atoms. The summed E-state index contributed by atoms with van der Waals surface area (Å²) < 4.78 is 0. The number of nitriles is 1. The number of anilines is 1. The maximum absolute atomic E-state index is 12.4. The molecule has 6 heteroatoms. The second-order valence-electron chi connectivity index (χ2n) is 5.65. The summed E-state index contributed by atoms with van der Waals surface area (Å²) in [7, 11) is 3.85. The summed E-state index contributed by atoms with van der Waals surface area (Å²) in [5.74, 6) is -0.662. The molecule has 2 amide bonds. The standard InChI is InChI=1S/C17H24N4O2/c1-5-12(2)15(17(23)19-11-10-18)20-16(22)13-6-8-14(9-7-13)21(3)4/h6-9,12,15H,5,11H2,1-4H3,(H,19,23)(H,20,22). The van der Waals surface area contributed by atoms with Gasteiger partial charge >= 0.3 is 0 Å². The lowest BCUT2D eigenvalue weighted by molar-refractivity contribution is -0.123. The SMILES string of the molecule is CCC(C)C(NC(=O)c1ccc(N(C)C)cc1)C(=O)NCC#N. The first-order valence-electron chi connectivity index (χ1n) is 7.63. The summed E-state index contributed by atoms with van der Waals surface area (Å²) >= 11 is 0. The highest BCUT2D eigenvalue weighted by atomic mass is 16.2. The maximum atomic E-state index is 12.4. The normalized spacial score (nSPS) is 12.7. The number of nitrogens with zero attached hydrogens (tertiary/aromatic N) is 2. The molecule has 0 spiro atoms. The molecule has 2 unspecified atom stereocenters. The van der Waals surface area contributed by atoms with Crippen LogP contribution in [0.4, 0.5) is 5.69 Å². The van der Waals surface area contributed by atoms with Crippen LogP contribution in [0.25, 0.3) is 0 Å². The van der Waals surface area contributed by atoms with Gasteiger partial charge in [-0.25, -0.2) is 0 Å². The van der Waals surface area contributed by atoms with E-state index in [0.717, 1.165) is 12.1 Å². The fourth-order valence-corrected chi connectivity index (χ4v) is 2.07. The van der Waals surface area contributed by atoms with Crippen molar-refractivity contribution in [3.8, 4) is 6.07 Å². The summed E-state index contributed by atoms with van der Waals surface area (Å²) in [5, 5.41) is 13.8. The van der Waals surface area contributed by atoms with E-state index in [4.69, 9.17) is 5.26 Å². The Labute approximate surface area is 137 Å². The van der Waals surface area contributed by atoms with Crippen LogP contribution in [0.1, 0.15) is 30.6 Å². The smallest absolute Gasteiger partial charge is 0.251 e. The van der Waals surface area contributed by atoms with E-state index >= 15 is 0 Å². The van der Waals surface area contributed by atoms with Crippen molar-refractivity contribution in [2.45, 2.75) is 26.3 Å². The van der Waals surface area contributed by atoms with Crippen molar-refractivity contribution in [1.29, 1.82) is 5.26 Å². The van der Waals surface area contributed by atoms with Gasteiger partial charge in [0.05, 0.1) is 6.07 Å². The molecule has 0 aliphatic rings. The maximum Gasteiger partial charge on any atom is 0.251 e. The Balaban J connectivity index is 2.84. The van der Waals surface area contributed by atoms with E-state index < -0.39 is 6.04 Å². The van der Waals surface area contributed by atoms with Gasteiger partial charge in [0.1, 0.15) is 12.6 Å². The third-order valence-electron chi connectivity index (χ3n) is 3.77. The molecule has 0 saturated carbocycles. The lowest BCUT2D eigenvalue weighted by atomic mass is 9.98. The van der Waals surface area contributed by atoms with Gasteiger partial charge in [-0.2, -0.15) is 5.26 Å². The van der Waals surface area contributed by atoms with Gasteiger partial charge in [0.15, 0.2) is 0 Å². The Morgan fingerprint density at radius 2 is 1.87 bits per heavy atom. The second kappa shape index (κ2) is 8.79. The van der Waals surface area contributed by atoms with Crippen LogP contribution in [0.15, 0.2) is 24.3 Å². The molecule has 0 radical (unpaired) electrons. The topological polar surface area (TPSA) is 85.2 Å². The van der Waals surface area contributed by atoms with Crippen LogP contribution in [0, 0.1) is 17.2 Å². The summed E-state index contributed by atoms with van der Waals surface area (Å²) in [6.45, 7) is 3.78. The molecule has 23 heavy (non-hydrogen) atoms. The quantitative estimate of drug-likeness (QED) is 0.747. The van der Waals surface area contributed by atoms with Gasteiger partial charge in [-0.3, -0.25) is 9.59 Å². The number of benzene rings is 1. The van der Waals surface area contributed by atoms with E-state index in [1.165, 1.54) is 0 Å². The van der Waals surface area contributed by atoms with E-state index in [9.17, 15) is 9.59 Å². The Hall–Kier alpha value is -2.55. The zero-order valence-corrected chi connectivity index (χ0v) is 14.1. The molecule has 1 rings (SSSR count). The molecule has 0 heterocycles. The summed E-state index contributed by atoms with van der Waals surface area (Å²) in [4.78, 5) is 26.4. The number of carbonyl (C=O) groups is 2. The zero-order valence-electron chi connectivity index (χ0n) is 14.1. The minimum absolute atomic E-state index is 0.0290. The highest BCUT2D eigenvalue weighted by Gasteiger charge is 2.26. The Morgan fingerprint density at radius 3 is 2.35 bits per heavy atom. The third-order valence-corrected chi connectivity index (χ3v) is 3.77. The number of rotatable bonds is 7. The van der Waals surface area contributed by atoms with Gasteiger partial charge in [-0.1, -0.05) is 20.3 Å². The number of carbonyl (C=O) groups excluding carboxylic acids is 2. The molecule has 2 N–H and O–H groups in total. The molecular formula is C17H24N4O2. The van der Waals surface area contributed by atoms with Crippen LogP contribution in [-0.4, -0.2) is 38.5 Å². The zero-order chi connectivity index (χ0) is 17.4. The van der Waals surface area contributed by atoms with Crippen LogP contribution >= 0.6 is 0 Å². The van der Waals surface area contributed by atoms with Crippen LogP contribution < -0.4 is 15.5 Å². The minimum Gasteiger partial charge on any atom is -0.378 e. The summed E-state index contributed by atoms with van der Waals surface area (Å²) in [6, 6.07) is 8.36. The lowest BCUT2D eigenvalue weighted by Crippen LogP contribution is -2.50. The van der Waals surface area contributed by atoms with Crippen molar-refractivity contribution in [2.24, 2.45) is 5.92 Å². The molecule has 0 aliphatic heterocycles. The largest absolute Gasteiger partial charge is 0.378 e. The van der Waals surface area contributed by atoms with Crippen molar-refractivity contribution in [3.63, 3.8) is 0 Å². The fourth-order valence-electron chi connectivity index (χ4n) is 2.07. The van der Waals surface area contributed by atoms with Crippen molar-refractivity contribution in [1.82, 2.24) is 10.6 Å². The summed E-state index contributed by atoms with van der Waals surface area (Å²) in [5.41, 5.74) is 1.49. The molecule has 124 valence electrons. The van der Waals surface area contributed by atoms with Gasteiger partial charge in [0.2, 0.25) is 5.91 Å². The van der Waals surface area contributed by atoms with Crippen molar-refractivity contribution in [3.05, 3.63) is 29.8 Å². The summed E-state index contributed by atoms with van der Waals surface area (Å²) in [6.07, 6.45) is 0.741. The van der Waals surface area contributed by atoms with Crippen LogP contribution in [0.5, 0.6) is 0 Å². The number of nitrogens with one attached hydrogen (secondary N) is 2. The molecule has 1 aromatic rings. The molecule has 6 nitrogen and oxygen atoms in total.